The van der Waals surface area contributed by atoms with Crippen LogP contribution in [0.25, 0.3) is 0 Å². The molecule has 10 heteroatoms. The Balaban J connectivity index is 1.56. The van der Waals surface area contributed by atoms with Gasteiger partial charge in [-0.2, -0.15) is 13.2 Å². The summed E-state index contributed by atoms with van der Waals surface area (Å²) < 4.78 is 67.2. The van der Waals surface area contributed by atoms with Gasteiger partial charge in [0, 0.05) is 31.2 Å². The second-order valence-corrected chi connectivity index (χ2v) is 9.44. The van der Waals surface area contributed by atoms with Gasteiger partial charge in [-0.05, 0) is 49.7 Å². The highest BCUT2D eigenvalue weighted by Gasteiger charge is 2.35. The molecule has 2 fully saturated rings. The van der Waals surface area contributed by atoms with Crippen LogP contribution in [0.15, 0.2) is 53.4 Å². The van der Waals surface area contributed by atoms with Crippen LogP contribution in [0, 0.1) is 0 Å². The van der Waals surface area contributed by atoms with E-state index >= 15 is 0 Å². The number of nitrogens with one attached hydrogen (secondary N) is 1. The first-order valence-electron chi connectivity index (χ1n) is 9.97. The normalized spacial score (nSPS) is 19.8. The van der Waals surface area contributed by atoms with Gasteiger partial charge in [-0.25, -0.2) is 8.42 Å². The van der Waals surface area contributed by atoms with Crippen LogP contribution in [0.4, 0.5) is 18.9 Å². The second-order valence-electron chi connectivity index (χ2n) is 7.76. The Morgan fingerprint density at radius 1 is 1.03 bits per heavy atom. The van der Waals surface area contributed by atoms with Crippen molar-refractivity contribution in [1.29, 1.82) is 0 Å². The van der Waals surface area contributed by atoms with Gasteiger partial charge in [0.1, 0.15) is 0 Å². The molecule has 0 aromatic heterocycles. The van der Waals surface area contributed by atoms with Crippen molar-refractivity contribution in [2.75, 3.05) is 30.9 Å². The van der Waals surface area contributed by atoms with E-state index in [0.717, 1.165) is 38.1 Å². The summed E-state index contributed by atoms with van der Waals surface area (Å²) in [4.78, 5) is 16.8. The molecule has 1 amide bonds. The molecular weight excluding hydrogens is 431 g/mol. The van der Waals surface area contributed by atoms with Crippen LogP contribution in [0.5, 0.6) is 0 Å². The van der Waals surface area contributed by atoms with E-state index in [2.05, 4.69) is 4.90 Å². The fraction of sp³-hybridized carbons (Fsp3) is 0.381. The van der Waals surface area contributed by atoms with Crippen molar-refractivity contribution in [3.8, 4) is 0 Å². The van der Waals surface area contributed by atoms with Crippen molar-refractivity contribution >= 4 is 21.6 Å². The van der Waals surface area contributed by atoms with Gasteiger partial charge in [-0.3, -0.25) is 14.4 Å². The number of halogens is 3. The summed E-state index contributed by atoms with van der Waals surface area (Å²) in [5, 5.41) is 0. The Kier molecular flexibility index (Phi) is 5.69. The number of nitrogens with zero attached hydrogens (tertiary/aromatic N) is 2. The van der Waals surface area contributed by atoms with Crippen LogP contribution in [-0.2, 0) is 16.2 Å². The number of benzene rings is 2. The molecule has 0 saturated carbocycles. The molecule has 0 radical (unpaired) electrons. The van der Waals surface area contributed by atoms with Crippen molar-refractivity contribution in [2.45, 2.75) is 30.0 Å². The number of anilines is 1. The van der Waals surface area contributed by atoms with Gasteiger partial charge < -0.3 is 4.90 Å². The average Bonchev–Trinajstić information content (AvgIpc) is 3.20. The van der Waals surface area contributed by atoms with Crippen molar-refractivity contribution < 1.29 is 26.4 Å². The molecule has 2 aliphatic rings. The third-order valence-corrected chi connectivity index (χ3v) is 7.11. The fourth-order valence-corrected chi connectivity index (χ4v) is 5.30. The molecule has 31 heavy (non-hydrogen) atoms. The molecule has 0 aliphatic carbocycles. The van der Waals surface area contributed by atoms with Crippen LogP contribution in [0.1, 0.15) is 28.8 Å². The Bertz CT molecular complexity index is 1090. The zero-order valence-electron chi connectivity index (χ0n) is 16.6. The summed E-state index contributed by atoms with van der Waals surface area (Å²) in [7, 11) is -4.33. The first-order valence-corrected chi connectivity index (χ1v) is 11.5. The standard InChI is InChI=1S/C21H22F3N3O3S/c22-21(23,24)18-8-1-2-9-19(18)25-31(29,30)17-7-3-5-15(13-17)20(28)27-12-11-26-10-4-6-16(26)14-27/h1-3,5,7-9,13,16,25H,4,6,10-12,14H2/t16-/m1/s1. The topological polar surface area (TPSA) is 69.7 Å². The molecule has 4 rings (SSSR count). The van der Waals surface area contributed by atoms with Gasteiger partial charge >= 0.3 is 6.18 Å². The molecule has 2 aromatic rings. The minimum absolute atomic E-state index is 0.193. The van der Waals surface area contributed by atoms with Gasteiger partial charge in [0.15, 0.2) is 0 Å². The van der Waals surface area contributed by atoms with Crippen LogP contribution < -0.4 is 4.72 Å². The predicted molar refractivity (Wildman–Crippen MR) is 109 cm³/mol. The molecule has 2 aromatic carbocycles. The predicted octanol–water partition coefficient (Wildman–Crippen LogP) is 3.43. The van der Waals surface area contributed by atoms with Crippen molar-refractivity contribution in [3.05, 3.63) is 59.7 Å². The largest absolute Gasteiger partial charge is 0.418 e. The molecule has 166 valence electrons. The van der Waals surface area contributed by atoms with E-state index in [1.807, 2.05) is 4.72 Å². The number of hydrogen-bond acceptors (Lipinski definition) is 4. The number of rotatable bonds is 4. The highest BCUT2D eigenvalue weighted by molar-refractivity contribution is 7.92. The maximum atomic E-state index is 13.2. The Hall–Kier alpha value is -2.59. The number of carbonyl (C=O) groups excluding carboxylic acids is 1. The van der Waals surface area contributed by atoms with Gasteiger partial charge in [0.2, 0.25) is 0 Å². The smallest absolute Gasteiger partial charge is 0.336 e. The maximum Gasteiger partial charge on any atom is 0.418 e. The summed E-state index contributed by atoms with van der Waals surface area (Å²) in [6, 6.07) is 10.1. The summed E-state index contributed by atoms with van der Waals surface area (Å²) in [5.74, 6) is -0.278. The lowest BCUT2D eigenvalue weighted by Gasteiger charge is -2.37. The number of alkyl halides is 3. The van der Waals surface area contributed by atoms with E-state index in [1.165, 1.54) is 36.4 Å². The van der Waals surface area contributed by atoms with Gasteiger partial charge in [-0.1, -0.05) is 18.2 Å². The first kappa shape index (κ1) is 21.6. The molecule has 2 heterocycles. The number of carbonyl (C=O) groups is 1. The van der Waals surface area contributed by atoms with E-state index in [9.17, 15) is 26.4 Å². The fourth-order valence-electron chi connectivity index (χ4n) is 4.18. The van der Waals surface area contributed by atoms with Crippen molar-refractivity contribution in [1.82, 2.24) is 9.80 Å². The molecule has 2 saturated heterocycles. The summed E-state index contributed by atoms with van der Waals surface area (Å²) in [6.07, 6.45) is -2.58. The second kappa shape index (κ2) is 8.16. The van der Waals surface area contributed by atoms with Crippen LogP contribution in [-0.4, -0.2) is 56.3 Å². The Morgan fingerprint density at radius 2 is 1.81 bits per heavy atom. The lowest BCUT2D eigenvalue weighted by atomic mass is 10.1. The molecular formula is C21H22F3N3O3S. The molecule has 2 aliphatic heterocycles. The SMILES string of the molecule is O=C(c1cccc(S(=O)(=O)Nc2ccccc2C(F)(F)F)c1)N1CCN2CCC[C@@H]2C1. The van der Waals surface area contributed by atoms with E-state index in [-0.39, 0.29) is 16.4 Å². The van der Waals surface area contributed by atoms with Gasteiger partial charge in [-0.15, -0.1) is 0 Å². The summed E-state index contributed by atoms with van der Waals surface area (Å²) >= 11 is 0. The van der Waals surface area contributed by atoms with E-state index in [4.69, 9.17) is 0 Å². The number of amides is 1. The number of piperazine rings is 1. The zero-order valence-corrected chi connectivity index (χ0v) is 17.4. The minimum atomic E-state index is -4.71. The van der Waals surface area contributed by atoms with Gasteiger partial charge in [0.05, 0.1) is 16.1 Å². The van der Waals surface area contributed by atoms with Crippen LogP contribution in [0.2, 0.25) is 0 Å². The third-order valence-electron chi connectivity index (χ3n) is 5.74. The van der Waals surface area contributed by atoms with E-state index < -0.39 is 27.5 Å². The third kappa shape index (κ3) is 4.54. The Morgan fingerprint density at radius 3 is 2.58 bits per heavy atom. The quantitative estimate of drug-likeness (QED) is 0.770. The number of sulfonamides is 1. The van der Waals surface area contributed by atoms with Crippen molar-refractivity contribution in [3.63, 3.8) is 0 Å². The summed E-state index contributed by atoms with van der Waals surface area (Å²) in [5.41, 5.74) is -1.46. The number of fused-ring (bicyclic) bond motifs is 1. The maximum absolute atomic E-state index is 13.2. The lowest BCUT2D eigenvalue weighted by molar-refractivity contribution is -0.136. The molecule has 0 bridgehead atoms. The highest BCUT2D eigenvalue weighted by Crippen LogP contribution is 2.35. The average molecular weight is 453 g/mol. The highest BCUT2D eigenvalue weighted by atomic mass is 32.2. The zero-order chi connectivity index (χ0) is 22.2. The molecule has 1 N–H and O–H groups in total. The van der Waals surface area contributed by atoms with Crippen molar-refractivity contribution in [2.24, 2.45) is 0 Å². The first-order chi connectivity index (χ1) is 14.6. The number of para-hydroxylation sites is 1. The van der Waals surface area contributed by atoms with Crippen LogP contribution >= 0.6 is 0 Å². The molecule has 6 nitrogen and oxygen atoms in total. The minimum Gasteiger partial charge on any atom is -0.336 e. The van der Waals surface area contributed by atoms with E-state index in [0.29, 0.717) is 19.1 Å². The van der Waals surface area contributed by atoms with E-state index in [1.54, 1.807) is 4.90 Å². The van der Waals surface area contributed by atoms with Gasteiger partial charge in [0.25, 0.3) is 15.9 Å². The van der Waals surface area contributed by atoms with Crippen LogP contribution in [0.3, 0.4) is 0 Å². The lowest BCUT2D eigenvalue weighted by Crippen LogP contribution is -2.52. The monoisotopic (exact) mass is 453 g/mol. The molecule has 0 spiro atoms. The molecule has 0 unspecified atom stereocenters. The Labute approximate surface area is 178 Å². The summed E-state index contributed by atoms with van der Waals surface area (Å²) in [6.45, 7) is 2.96. The molecule has 1 atom stereocenters. The number of hydrogen-bond donors (Lipinski definition) is 1.